The molecule has 0 aliphatic rings. The number of para-hydroxylation sites is 1. The van der Waals surface area contributed by atoms with Crippen LogP contribution in [-0.4, -0.2) is 43.3 Å². The van der Waals surface area contributed by atoms with E-state index in [1.54, 1.807) is 7.11 Å². The van der Waals surface area contributed by atoms with Crippen LogP contribution >= 0.6 is 0 Å². The Morgan fingerprint density at radius 2 is 1.49 bits per heavy atom. The molecule has 0 bridgehead atoms. The molecule has 3 atom stereocenters. The SMILES string of the molecule is COC(=O)[C@H](CC(C)C)NC(=O)[C@@H](O)[C@H](c1ccccc1)N(Cc1ccc(OC)cc1)c1ccccc1. The Hall–Kier alpha value is -3.84. The Morgan fingerprint density at radius 1 is 0.892 bits per heavy atom. The standard InChI is InChI=1S/C30H36N2O5/c1-21(2)19-26(30(35)37-4)31-29(34)28(33)27(23-11-7-5-8-12-23)32(24-13-9-6-10-14-24)20-22-15-17-25(36-3)18-16-22/h5-18,21,26-28,33H,19-20H2,1-4H3,(H,31,34)/t26-,27-,28-/m0/s1. The molecule has 3 aromatic rings. The summed E-state index contributed by atoms with van der Waals surface area (Å²) in [7, 11) is 2.91. The molecule has 196 valence electrons. The van der Waals surface area contributed by atoms with Crippen LogP contribution in [0.15, 0.2) is 84.9 Å². The van der Waals surface area contributed by atoms with E-state index in [0.29, 0.717) is 13.0 Å². The van der Waals surface area contributed by atoms with E-state index in [1.165, 1.54) is 7.11 Å². The molecule has 0 saturated heterocycles. The van der Waals surface area contributed by atoms with Gasteiger partial charge in [0, 0.05) is 12.2 Å². The minimum Gasteiger partial charge on any atom is -0.497 e. The third kappa shape index (κ3) is 7.57. The number of hydrogen-bond donors (Lipinski definition) is 2. The van der Waals surface area contributed by atoms with Crippen LogP contribution in [0.2, 0.25) is 0 Å². The monoisotopic (exact) mass is 504 g/mol. The number of carbonyl (C=O) groups excluding carboxylic acids is 2. The lowest BCUT2D eigenvalue weighted by molar-refractivity contribution is -0.147. The van der Waals surface area contributed by atoms with Crippen molar-refractivity contribution in [3.05, 3.63) is 96.1 Å². The topological polar surface area (TPSA) is 88.1 Å². The first-order valence-electron chi connectivity index (χ1n) is 12.4. The maximum Gasteiger partial charge on any atom is 0.328 e. The van der Waals surface area contributed by atoms with E-state index < -0.39 is 30.1 Å². The molecule has 0 aliphatic heterocycles. The number of amides is 1. The quantitative estimate of drug-likeness (QED) is 0.353. The molecule has 7 heteroatoms. The van der Waals surface area contributed by atoms with Gasteiger partial charge in [0.2, 0.25) is 0 Å². The molecule has 0 saturated carbocycles. The Kier molecular flexibility index (Phi) is 10.1. The molecule has 0 heterocycles. The highest BCUT2D eigenvalue weighted by Gasteiger charge is 2.35. The van der Waals surface area contributed by atoms with Crippen molar-refractivity contribution in [1.29, 1.82) is 0 Å². The summed E-state index contributed by atoms with van der Waals surface area (Å²) in [5.41, 5.74) is 2.58. The summed E-state index contributed by atoms with van der Waals surface area (Å²) in [6.45, 7) is 4.33. The summed E-state index contributed by atoms with van der Waals surface area (Å²) >= 11 is 0. The molecule has 1 amide bonds. The van der Waals surface area contributed by atoms with Crippen LogP contribution in [0.5, 0.6) is 5.75 Å². The minimum atomic E-state index is -1.47. The number of hydrogen-bond acceptors (Lipinski definition) is 6. The van der Waals surface area contributed by atoms with Gasteiger partial charge in [-0.15, -0.1) is 0 Å². The summed E-state index contributed by atoms with van der Waals surface area (Å²) in [4.78, 5) is 27.8. The number of rotatable bonds is 12. The number of aliphatic hydroxyl groups excluding tert-OH is 1. The van der Waals surface area contributed by atoms with Crippen LogP contribution in [0.3, 0.4) is 0 Å². The van der Waals surface area contributed by atoms with Gasteiger partial charge in [0.05, 0.1) is 20.3 Å². The fraction of sp³-hybridized carbons (Fsp3) is 0.333. The average molecular weight is 505 g/mol. The van der Waals surface area contributed by atoms with Crippen LogP contribution in [0.25, 0.3) is 0 Å². The number of ether oxygens (including phenoxy) is 2. The van der Waals surface area contributed by atoms with Crippen LogP contribution < -0.4 is 15.0 Å². The van der Waals surface area contributed by atoms with E-state index in [9.17, 15) is 14.7 Å². The zero-order valence-corrected chi connectivity index (χ0v) is 21.8. The van der Waals surface area contributed by atoms with Crippen LogP contribution in [0.1, 0.15) is 37.4 Å². The van der Waals surface area contributed by atoms with E-state index in [1.807, 2.05) is 104 Å². The number of nitrogens with zero attached hydrogens (tertiary/aromatic N) is 1. The van der Waals surface area contributed by atoms with Gasteiger partial charge in [0.1, 0.15) is 11.8 Å². The molecule has 0 aliphatic carbocycles. The number of methoxy groups -OCH3 is 2. The Labute approximate surface area is 219 Å². The van der Waals surface area contributed by atoms with E-state index in [4.69, 9.17) is 9.47 Å². The van der Waals surface area contributed by atoms with Crippen molar-refractivity contribution in [2.75, 3.05) is 19.1 Å². The highest BCUT2D eigenvalue weighted by atomic mass is 16.5. The average Bonchev–Trinajstić information content (AvgIpc) is 2.92. The summed E-state index contributed by atoms with van der Waals surface area (Å²) in [5.74, 6) is -0.292. The maximum absolute atomic E-state index is 13.4. The Morgan fingerprint density at radius 3 is 2.03 bits per heavy atom. The molecule has 0 spiro atoms. The van der Waals surface area contributed by atoms with Crippen molar-refractivity contribution >= 4 is 17.6 Å². The first-order valence-corrected chi connectivity index (χ1v) is 12.4. The predicted octanol–water partition coefficient (Wildman–Crippen LogP) is 4.51. The normalized spacial score (nSPS) is 13.4. The summed E-state index contributed by atoms with van der Waals surface area (Å²) in [6.07, 6.45) is -1.07. The van der Waals surface area contributed by atoms with Crippen molar-refractivity contribution < 1.29 is 24.2 Å². The second-order valence-electron chi connectivity index (χ2n) is 9.33. The van der Waals surface area contributed by atoms with Gasteiger partial charge in [0.25, 0.3) is 5.91 Å². The highest BCUT2D eigenvalue weighted by Crippen LogP contribution is 2.32. The Balaban J connectivity index is 2.01. The lowest BCUT2D eigenvalue weighted by atomic mass is 9.96. The number of esters is 1. The van der Waals surface area contributed by atoms with E-state index in [-0.39, 0.29) is 5.92 Å². The number of benzene rings is 3. The minimum absolute atomic E-state index is 0.141. The fourth-order valence-corrected chi connectivity index (χ4v) is 4.31. The molecule has 2 N–H and O–H groups in total. The lowest BCUT2D eigenvalue weighted by Crippen LogP contribution is -2.50. The maximum atomic E-state index is 13.4. The fourth-order valence-electron chi connectivity index (χ4n) is 4.31. The van der Waals surface area contributed by atoms with Gasteiger partial charge in [0.15, 0.2) is 6.10 Å². The van der Waals surface area contributed by atoms with Crippen LogP contribution in [0.4, 0.5) is 5.69 Å². The molecule has 37 heavy (non-hydrogen) atoms. The van der Waals surface area contributed by atoms with Gasteiger partial charge in [-0.3, -0.25) is 4.79 Å². The first-order chi connectivity index (χ1) is 17.8. The van der Waals surface area contributed by atoms with Gasteiger partial charge >= 0.3 is 5.97 Å². The molecule has 0 fully saturated rings. The zero-order chi connectivity index (χ0) is 26.8. The lowest BCUT2D eigenvalue weighted by Gasteiger charge is -2.37. The van der Waals surface area contributed by atoms with Crippen LogP contribution in [-0.2, 0) is 20.9 Å². The molecule has 0 unspecified atom stereocenters. The number of aliphatic hydroxyl groups is 1. The van der Waals surface area contributed by atoms with Gasteiger partial charge in [-0.2, -0.15) is 0 Å². The molecular formula is C30H36N2O5. The summed E-state index contributed by atoms with van der Waals surface area (Å²) < 4.78 is 10.2. The number of nitrogens with one attached hydrogen (secondary N) is 1. The molecule has 3 aromatic carbocycles. The predicted molar refractivity (Wildman–Crippen MR) is 144 cm³/mol. The van der Waals surface area contributed by atoms with E-state index in [2.05, 4.69) is 5.32 Å². The van der Waals surface area contributed by atoms with Crippen molar-refractivity contribution in [3.8, 4) is 5.75 Å². The van der Waals surface area contributed by atoms with Crippen LogP contribution in [0, 0.1) is 5.92 Å². The third-order valence-corrected chi connectivity index (χ3v) is 6.15. The van der Waals surface area contributed by atoms with Gasteiger partial charge in [-0.25, -0.2) is 4.79 Å². The van der Waals surface area contributed by atoms with Crippen molar-refractivity contribution in [1.82, 2.24) is 5.32 Å². The van der Waals surface area contributed by atoms with Gasteiger partial charge < -0.3 is 24.8 Å². The molecule has 3 rings (SSSR count). The smallest absolute Gasteiger partial charge is 0.328 e. The zero-order valence-electron chi connectivity index (χ0n) is 21.8. The van der Waals surface area contributed by atoms with Gasteiger partial charge in [-0.1, -0.05) is 74.5 Å². The van der Waals surface area contributed by atoms with Crippen molar-refractivity contribution in [3.63, 3.8) is 0 Å². The largest absolute Gasteiger partial charge is 0.497 e. The molecule has 0 aromatic heterocycles. The summed E-state index contributed by atoms with van der Waals surface area (Å²) in [6, 6.07) is 25.1. The molecular weight excluding hydrogens is 468 g/mol. The van der Waals surface area contributed by atoms with Crippen molar-refractivity contribution in [2.45, 2.75) is 45.0 Å². The number of anilines is 1. The second kappa shape index (κ2) is 13.5. The van der Waals surface area contributed by atoms with Crippen molar-refractivity contribution in [2.24, 2.45) is 5.92 Å². The molecule has 0 radical (unpaired) electrons. The Bertz CT molecular complexity index is 1120. The summed E-state index contributed by atoms with van der Waals surface area (Å²) in [5, 5.41) is 14.3. The van der Waals surface area contributed by atoms with E-state index >= 15 is 0 Å². The third-order valence-electron chi connectivity index (χ3n) is 6.15. The second-order valence-corrected chi connectivity index (χ2v) is 9.33. The van der Waals surface area contributed by atoms with E-state index in [0.717, 1.165) is 22.6 Å². The first kappa shape index (κ1) is 27.7. The number of carbonyl (C=O) groups is 2. The molecule has 7 nitrogen and oxygen atoms in total. The van der Waals surface area contributed by atoms with Gasteiger partial charge in [-0.05, 0) is 47.7 Å². The highest BCUT2D eigenvalue weighted by molar-refractivity contribution is 5.87.